The molecule has 29 heavy (non-hydrogen) atoms. The summed E-state index contributed by atoms with van der Waals surface area (Å²) in [6.07, 6.45) is 27.5. The van der Waals surface area contributed by atoms with Gasteiger partial charge in [0, 0.05) is 17.4 Å². The van der Waals surface area contributed by atoms with E-state index in [1.54, 1.807) is 11.4 Å². The predicted molar refractivity (Wildman–Crippen MR) is 123 cm³/mol. The van der Waals surface area contributed by atoms with Crippen LogP contribution in [0.4, 0.5) is 0 Å². The molecule has 0 aromatic carbocycles. The van der Waals surface area contributed by atoms with E-state index in [9.17, 15) is 0 Å². The molecule has 6 atom stereocenters. The summed E-state index contributed by atoms with van der Waals surface area (Å²) in [6, 6.07) is 0.775. The molecule has 0 bridgehead atoms. The molecule has 6 unspecified atom stereocenters. The van der Waals surface area contributed by atoms with Crippen LogP contribution in [-0.2, 0) is 0 Å². The molecular formula is C28H43N. The van der Waals surface area contributed by atoms with E-state index in [1.807, 2.05) is 5.57 Å². The van der Waals surface area contributed by atoms with Crippen molar-refractivity contribution in [2.75, 3.05) is 0 Å². The molecule has 1 nitrogen and oxygen atoms in total. The minimum atomic E-state index is 0.775. The first-order valence-electron chi connectivity index (χ1n) is 13.1. The summed E-state index contributed by atoms with van der Waals surface area (Å²) in [5, 5.41) is 0. The van der Waals surface area contributed by atoms with Gasteiger partial charge in [0.25, 0.3) is 0 Å². The number of hydrogen-bond donors (Lipinski definition) is 0. The zero-order valence-electron chi connectivity index (χ0n) is 19.0. The molecule has 0 spiro atoms. The molecule has 0 amide bonds. The zero-order chi connectivity index (χ0) is 19.8. The molecule has 0 aliphatic heterocycles. The molecule has 0 heterocycles. The standard InChI is InChI=1S/C28H43N/c1-20-7-6-10-25(18-20)29(24-8-4-3-5-9-24)26-14-16-28-23(19-26)13-12-22-17-21(2)11-15-27(22)28/h8,14-15,20-23,25,28H,3-7,9-13,16-19H2,1-2H3. The van der Waals surface area contributed by atoms with Crippen LogP contribution in [0.2, 0.25) is 0 Å². The summed E-state index contributed by atoms with van der Waals surface area (Å²) < 4.78 is 0. The van der Waals surface area contributed by atoms with Crippen molar-refractivity contribution < 1.29 is 0 Å². The monoisotopic (exact) mass is 393 g/mol. The highest BCUT2D eigenvalue weighted by atomic mass is 15.2. The first-order valence-corrected chi connectivity index (χ1v) is 13.1. The Morgan fingerprint density at radius 2 is 1.72 bits per heavy atom. The molecule has 0 saturated heterocycles. The lowest BCUT2D eigenvalue weighted by Crippen LogP contribution is -2.41. The van der Waals surface area contributed by atoms with Crippen molar-refractivity contribution in [1.82, 2.24) is 4.90 Å². The number of nitrogens with zero attached hydrogens (tertiary/aromatic N) is 1. The van der Waals surface area contributed by atoms with E-state index in [0.29, 0.717) is 0 Å². The van der Waals surface area contributed by atoms with E-state index in [-0.39, 0.29) is 0 Å². The van der Waals surface area contributed by atoms with Crippen molar-refractivity contribution in [3.63, 3.8) is 0 Å². The summed E-state index contributed by atoms with van der Waals surface area (Å²) in [5.74, 6) is 4.53. The van der Waals surface area contributed by atoms with Crippen LogP contribution >= 0.6 is 0 Å². The van der Waals surface area contributed by atoms with Gasteiger partial charge in [0.2, 0.25) is 0 Å². The van der Waals surface area contributed by atoms with Gasteiger partial charge in [-0.15, -0.1) is 0 Å². The molecule has 1 heteroatoms. The lowest BCUT2D eigenvalue weighted by atomic mass is 9.62. The van der Waals surface area contributed by atoms with E-state index in [2.05, 4.69) is 37.0 Å². The van der Waals surface area contributed by atoms with Crippen LogP contribution in [0, 0.1) is 29.6 Å². The van der Waals surface area contributed by atoms with Crippen molar-refractivity contribution in [2.45, 2.75) is 110 Å². The number of rotatable bonds is 3. The second kappa shape index (κ2) is 8.64. The third-order valence-corrected chi connectivity index (χ3v) is 9.04. The quantitative estimate of drug-likeness (QED) is 0.439. The third kappa shape index (κ3) is 4.13. The second-order valence-corrected chi connectivity index (χ2v) is 11.3. The number of allylic oxidation sites excluding steroid dienone is 6. The van der Waals surface area contributed by atoms with Crippen molar-refractivity contribution in [2.24, 2.45) is 29.6 Å². The SMILES string of the molecule is CC1CC=C2C(CCC3CC(N(C4=CCCCC4)C4CCCC(C)C4)=CCC23)C1. The third-order valence-electron chi connectivity index (χ3n) is 9.04. The first kappa shape index (κ1) is 20.0. The van der Waals surface area contributed by atoms with Gasteiger partial charge in [-0.1, -0.05) is 50.5 Å². The maximum Gasteiger partial charge on any atom is 0.0338 e. The van der Waals surface area contributed by atoms with Crippen molar-refractivity contribution in [3.05, 3.63) is 35.2 Å². The summed E-state index contributed by atoms with van der Waals surface area (Å²) in [4.78, 5) is 2.91. The molecule has 0 N–H and O–H groups in total. The summed E-state index contributed by atoms with van der Waals surface area (Å²) in [6.45, 7) is 4.95. The Hall–Kier alpha value is -0.980. The Kier molecular flexibility index (Phi) is 5.94. The largest absolute Gasteiger partial charge is 0.346 e. The van der Waals surface area contributed by atoms with Crippen LogP contribution in [0.5, 0.6) is 0 Å². The smallest absolute Gasteiger partial charge is 0.0338 e. The Labute approximate surface area is 179 Å². The van der Waals surface area contributed by atoms with Crippen molar-refractivity contribution in [1.29, 1.82) is 0 Å². The van der Waals surface area contributed by atoms with Crippen LogP contribution in [0.15, 0.2) is 35.2 Å². The molecule has 5 rings (SSSR count). The Morgan fingerprint density at radius 1 is 0.793 bits per heavy atom. The average molecular weight is 394 g/mol. The molecule has 160 valence electrons. The molecule has 0 aromatic rings. The minimum Gasteiger partial charge on any atom is -0.346 e. The van der Waals surface area contributed by atoms with Crippen LogP contribution in [-0.4, -0.2) is 10.9 Å². The fraction of sp³-hybridized carbons (Fsp3) is 0.786. The van der Waals surface area contributed by atoms with Crippen molar-refractivity contribution >= 4 is 0 Å². The van der Waals surface area contributed by atoms with Crippen LogP contribution in [0.3, 0.4) is 0 Å². The lowest BCUT2D eigenvalue weighted by Gasteiger charge is -2.48. The summed E-state index contributed by atoms with van der Waals surface area (Å²) in [5.41, 5.74) is 5.30. The van der Waals surface area contributed by atoms with Gasteiger partial charge in [0.15, 0.2) is 0 Å². The highest BCUT2D eigenvalue weighted by molar-refractivity contribution is 5.26. The highest BCUT2D eigenvalue weighted by Gasteiger charge is 2.40. The van der Waals surface area contributed by atoms with Crippen LogP contribution in [0.1, 0.15) is 104 Å². The fourth-order valence-corrected chi connectivity index (χ4v) is 7.56. The number of fused-ring (bicyclic) bond motifs is 3. The van der Waals surface area contributed by atoms with E-state index in [0.717, 1.165) is 35.6 Å². The maximum absolute atomic E-state index is 2.91. The maximum atomic E-state index is 2.91. The van der Waals surface area contributed by atoms with E-state index in [1.165, 1.54) is 89.9 Å². The number of hydrogen-bond acceptors (Lipinski definition) is 1. The Balaban J connectivity index is 1.39. The fourth-order valence-electron chi connectivity index (χ4n) is 7.56. The zero-order valence-corrected chi connectivity index (χ0v) is 19.0. The summed E-state index contributed by atoms with van der Waals surface area (Å²) >= 11 is 0. The van der Waals surface area contributed by atoms with Gasteiger partial charge < -0.3 is 4.90 Å². The van der Waals surface area contributed by atoms with E-state index < -0.39 is 0 Å². The molecule has 0 radical (unpaired) electrons. The van der Waals surface area contributed by atoms with Gasteiger partial charge in [0.05, 0.1) is 0 Å². The minimum absolute atomic E-state index is 0.775. The first-order chi connectivity index (χ1) is 14.2. The van der Waals surface area contributed by atoms with Gasteiger partial charge in [-0.2, -0.15) is 0 Å². The highest BCUT2D eigenvalue weighted by Crippen LogP contribution is 2.51. The molecule has 2 saturated carbocycles. The van der Waals surface area contributed by atoms with Gasteiger partial charge in [0.1, 0.15) is 0 Å². The molecular weight excluding hydrogens is 350 g/mol. The van der Waals surface area contributed by atoms with Gasteiger partial charge in [-0.25, -0.2) is 0 Å². The molecule has 0 aromatic heterocycles. The lowest BCUT2D eigenvalue weighted by molar-refractivity contribution is 0.161. The van der Waals surface area contributed by atoms with Gasteiger partial charge in [-0.3, -0.25) is 0 Å². The van der Waals surface area contributed by atoms with Gasteiger partial charge >= 0.3 is 0 Å². The average Bonchev–Trinajstić information content (AvgIpc) is 2.74. The Bertz CT molecular complexity index is 682. The second-order valence-electron chi connectivity index (χ2n) is 11.3. The van der Waals surface area contributed by atoms with Crippen molar-refractivity contribution in [3.8, 4) is 0 Å². The van der Waals surface area contributed by atoms with Crippen LogP contribution < -0.4 is 0 Å². The molecule has 5 aliphatic rings. The predicted octanol–water partition coefficient (Wildman–Crippen LogP) is 8.00. The molecule has 2 fully saturated rings. The van der Waals surface area contributed by atoms with E-state index >= 15 is 0 Å². The normalized spacial score (nSPS) is 40.1. The van der Waals surface area contributed by atoms with Gasteiger partial charge in [-0.05, 0) is 107 Å². The topological polar surface area (TPSA) is 3.24 Å². The van der Waals surface area contributed by atoms with Crippen LogP contribution in [0.25, 0.3) is 0 Å². The molecule has 5 aliphatic carbocycles. The van der Waals surface area contributed by atoms with E-state index in [4.69, 9.17) is 0 Å². The summed E-state index contributed by atoms with van der Waals surface area (Å²) in [7, 11) is 0. The Morgan fingerprint density at radius 3 is 2.55 bits per heavy atom.